The van der Waals surface area contributed by atoms with E-state index >= 15 is 0 Å². The van der Waals surface area contributed by atoms with Crippen molar-refractivity contribution in [2.24, 2.45) is 0 Å². The van der Waals surface area contributed by atoms with Gasteiger partial charge in [-0.15, -0.1) is 0 Å². The van der Waals surface area contributed by atoms with Crippen LogP contribution in [0, 0.1) is 10.1 Å². The van der Waals surface area contributed by atoms with Crippen LogP contribution in [-0.4, -0.2) is 4.92 Å². The second kappa shape index (κ2) is 5.10. The molecule has 0 spiro atoms. The van der Waals surface area contributed by atoms with Crippen molar-refractivity contribution in [3.63, 3.8) is 0 Å². The van der Waals surface area contributed by atoms with Crippen molar-refractivity contribution in [3.8, 4) is 0 Å². The van der Waals surface area contributed by atoms with E-state index in [2.05, 4.69) is 13.8 Å². The van der Waals surface area contributed by atoms with E-state index < -0.39 is 0 Å². The van der Waals surface area contributed by atoms with Crippen molar-refractivity contribution in [2.75, 3.05) is 0 Å². The molecule has 3 heteroatoms. The van der Waals surface area contributed by atoms with Gasteiger partial charge in [-0.2, -0.15) is 0 Å². The summed E-state index contributed by atoms with van der Waals surface area (Å²) in [6.07, 6.45) is 0.998. The molecule has 1 atom stereocenters. The van der Waals surface area contributed by atoms with E-state index in [1.165, 1.54) is 0 Å². The summed E-state index contributed by atoms with van der Waals surface area (Å²) in [6.45, 7) is 8.14. The van der Waals surface area contributed by atoms with Crippen LogP contribution in [0.3, 0.4) is 0 Å². The maximum Gasteiger partial charge on any atom is 0.273 e. The van der Waals surface area contributed by atoms with Gasteiger partial charge in [0.05, 0.1) is 4.92 Å². The van der Waals surface area contributed by atoms with Gasteiger partial charge in [0.1, 0.15) is 0 Å². The zero-order chi connectivity index (χ0) is 12.3. The normalized spacial score (nSPS) is 12.8. The molecule has 16 heavy (non-hydrogen) atoms. The molecule has 0 aliphatic carbocycles. The van der Waals surface area contributed by atoms with Gasteiger partial charge in [0.2, 0.25) is 0 Å². The highest BCUT2D eigenvalue weighted by Gasteiger charge is 2.18. The molecule has 0 amide bonds. The molecule has 3 nitrogen and oxygen atoms in total. The Hall–Kier alpha value is -1.38. The zero-order valence-corrected chi connectivity index (χ0v) is 10.4. The van der Waals surface area contributed by atoms with Gasteiger partial charge in [-0.25, -0.2) is 0 Å². The first-order valence-corrected chi connectivity index (χ1v) is 5.75. The topological polar surface area (TPSA) is 43.1 Å². The van der Waals surface area contributed by atoms with Gasteiger partial charge in [0.25, 0.3) is 5.69 Å². The Morgan fingerprint density at radius 3 is 2.38 bits per heavy atom. The minimum Gasteiger partial charge on any atom is -0.258 e. The second-order valence-electron chi connectivity index (χ2n) is 4.54. The standard InChI is InChI=1S/C13H19NO2/c1-5-10(4)11-6-7-12(9(2)3)13(8-11)14(15)16/h6-10H,5H2,1-4H3. The van der Waals surface area contributed by atoms with E-state index in [1.807, 2.05) is 26.0 Å². The maximum absolute atomic E-state index is 11.0. The zero-order valence-electron chi connectivity index (χ0n) is 10.4. The average molecular weight is 221 g/mol. The minimum absolute atomic E-state index is 0.186. The monoisotopic (exact) mass is 221 g/mol. The fraction of sp³-hybridized carbons (Fsp3) is 0.538. The van der Waals surface area contributed by atoms with E-state index in [1.54, 1.807) is 6.07 Å². The first kappa shape index (κ1) is 12.7. The smallest absolute Gasteiger partial charge is 0.258 e. The lowest BCUT2D eigenvalue weighted by molar-refractivity contribution is -0.385. The Bertz CT molecular complexity index is 386. The highest BCUT2D eigenvalue weighted by Crippen LogP contribution is 2.30. The molecule has 0 saturated carbocycles. The summed E-state index contributed by atoms with van der Waals surface area (Å²) in [4.78, 5) is 10.7. The molecule has 0 bridgehead atoms. The number of rotatable bonds is 4. The van der Waals surface area contributed by atoms with Crippen LogP contribution in [-0.2, 0) is 0 Å². The molecule has 0 aliphatic rings. The van der Waals surface area contributed by atoms with Gasteiger partial charge >= 0.3 is 0 Å². The predicted octanol–water partition coefficient (Wildman–Crippen LogP) is 4.23. The molecule has 0 heterocycles. The van der Waals surface area contributed by atoms with E-state index in [-0.39, 0.29) is 16.5 Å². The molecule has 0 aromatic heterocycles. The fourth-order valence-corrected chi connectivity index (χ4v) is 1.75. The quantitative estimate of drug-likeness (QED) is 0.564. The summed E-state index contributed by atoms with van der Waals surface area (Å²) in [5, 5.41) is 11.0. The number of hydrogen-bond donors (Lipinski definition) is 0. The third-order valence-corrected chi connectivity index (χ3v) is 3.05. The summed E-state index contributed by atoms with van der Waals surface area (Å²) in [7, 11) is 0. The van der Waals surface area contributed by atoms with Crippen molar-refractivity contribution in [1.29, 1.82) is 0 Å². The van der Waals surface area contributed by atoms with Crippen LogP contribution in [0.25, 0.3) is 0 Å². The Morgan fingerprint density at radius 2 is 1.94 bits per heavy atom. The molecule has 0 radical (unpaired) electrons. The fourth-order valence-electron chi connectivity index (χ4n) is 1.75. The maximum atomic E-state index is 11.0. The molecular formula is C13H19NO2. The molecule has 1 aromatic rings. The van der Waals surface area contributed by atoms with Crippen LogP contribution in [0.1, 0.15) is 57.1 Å². The van der Waals surface area contributed by atoms with Gasteiger partial charge in [-0.1, -0.05) is 39.8 Å². The van der Waals surface area contributed by atoms with Gasteiger partial charge in [-0.3, -0.25) is 10.1 Å². The van der Waals surface area contributed by atoms with Crippen LogP contribution in [0.2, 0.25) is 0 Å². The van der Waals surface area contributed by atoms with Gasteiger partial charge in [0.15, 0.2) is 0 Å². The summed E-state index contributed by atoms with van der Waals surface area (Å²) in [6, 6.07) is 5.63. The Balaban J connectivity index is 3.23. The van der Waals surface area contributed by atoms with E-state index in [4.69, 9.17) is 0 Å². The van der Waals surface area contributed by atoms with Crippen LogP contribution in [0.4, 0.5) is 5.69 Å². The predicted molar refractivity (Wildman–Crippen MR) is 65.9 cm³/mol. The third kappa shape index (κ3) is 2.60. The lowest BCUT2D eigenvalue weighted by Gasteiger charge is -2.12. The minimum atomic E-state index is -0.277. The summed E-state index contributed by atoms with van der Waals surface area (Å²) >= 11 is 0. The summed E-state index contributed by atoms with van der Waals surface area (Å²) in [5.74, 6) is 0.561. The molecule has 0 fully saturated rings. The Labute approximate surface area is 96.6 Å². The molecule has 88 valence electrons. The van der Waals surface area contributed by atoms with Gasteiger partial charge < -0.3 is 0 Å². The SMILES string of the molecule is CCC(C)c1ccc(C(C)C)c([N+](=O)[O-])c1. The molecule has 1 aromatic carbocycles. The van der Waals surface area contributed by atoms with Crippen molar-refractivity contribution in [1.82, 2.24) is 0 Å². The Morgan fingerprint density at radius 1 is 1.31 bits per heavy atom. The molecule has 0 aliphatic heterocycles. The molecule has 1 unspecified atom stereocenters. The van der Waals surface area contributed by atoms with Crippen molar-refractivity contribution in [2.45, 2.75) is 46.0 Å². The molecule has 0 saturated heterocycles. The average Bonchev–Trinajstić information content (AvgIpc) is 2.26. The largest absolute Gasteiger partial charge is 0.273 e. The highest BCUT2D eigenvalue weighted by molar-refractivity contribution is 5.45. The van der Waals surface area contributed by atoms with Gasteiger partial charge in [0, 0.05) is 11.6 Å². The van der Waals surface area contributed by atoms with E-state index in [0.717, 1.165) is 17.5 Å². The first-order valence-electron chi connectivity index (χ1n) is 5.75. The van der Waals surface area contributed by atoms with Crippen molar-refractivity contribution >= 4 is 5.69 Å². The molecule has 0 N–H and O–H groups in total. The molecular weight excluding hydrogens is 202 g/mol. The van der Waals surface area contributed by atoms with Crippen LogP contribution in [0.5, 0.6) is 0 Å². The Kier molecular flexibility index (Phi) is 4.05. The van der Waals surface area contributed by atoms with Crippen LogP contribution < -0.4 is 0 Å². The number of nitro benzene ring substituents is 1. The van der Waals surface area contributed by atoms with Crippen molar-refractivity contribution < 1.29 is 4.92 Å². The lowest BCUT2D eigenvalue weighted by Crippen LogP contribution is -2.00. The molecule has 1 rings (SSSR count). The first-order chi connectivity index (χ1) is 7.47. The number of hydrogen-bond acceptors (Lipinski definition) is 2. The van der Waals surface area contributed by atoms with Crippen LogP contribution >= 0.6 is 0 Å². The van der Waals surface area contributed by atoms with E-state index in [9.17, 15) is 10.1 Å². The van der Waals surface area contributed by atoms with Gasteiger partial charge in [-0.05, 0) is 23.8 Å². The number of nitrogens with zero attached hydrogens (tertiary/aromatic N) is 1. The number of nitro groups is 1. The lowest BCUT2D eigenvalue weighted by atomic mass is 9.93. The van der Waals surface area contributed by atoms with Crippen LogP contribution in [0.15, 0.2) is 18.2 Å². The van der Waals surface area contributed by atoms with E-state index in [0.29, 0.717) is 5.92 Å². The number of benzene rings is 1. The van der Waals surface area contributed by atoms with Crippen molar-refractivity contribution in [3.05, 3.63) is 39.4 Å². The third-order valence-electron chi connectivity index (χ3n) is 3.05. The summed E-state index contributed by atoms with van der Waals surface area (Å²) in [5.41, 5.74) is 2.13. The summed E-state index contributed by atoms with van der Waals surface area (Å²) < 4.78 is 0. The second-order valence-corrected chi connectivity index (χ2v) is 4.54. The highest BCUT2D eigenvalue weighted by atomic mass is 16.6.